The molecule has 0 saturated carbocycles. The van der Waals surface area contributed by atoms with Gasteiger partial charge in [0.2, 0.25) is 11.8 Å². The van der Waals surface area contributed by atoms with E-state index in [4.69, 9.17) is 5.11 Å². The van der Waals surface area contributed by atoms with Crippen LogP contribution in [0, 0.1) is 5.92 Å². The number of carboxylic acids is 1. The minimum Gasteiger partial charge on any atom is -0.480 e. The Morgan fingerprint density at radius 3 is 2.22 bits per heavy atom. The Morgan fingerprint density at radius 2 is 1.58 bits per heavy atom. The number of fused-ring (bicyclic) bond motifs is 1. The van der Waals surface area contributed by atoms with E-state index in [1.54, 1.807) is 61.5 Å². The van der Waals surface area contributed by atoms with Crippen molar-refractivity contribution in [2.45, 2.75) is 51.7 Å². The monoisotopic (exact) mass is 494 g/mol. The van der Waals surface area contributed by atoms with Crippen molar-refractivity contribution in [3.8, 4) is 0 Å². The number of aromatic amines is 1. The first kappa shape index (κ1) is 26.4. The van der Waals surface area contributed by atoms with Crippen LogP contribution >= 0.6 is 0 Å². The number of carbonyl (C=O) groups is 3. The van der Waals surface area contributed by atoms with Gasteiger partial charge in [-0.2, -0.15) is 0 Å². The highest BCUT2D eigenvalue weighted by Crippen LogP contribution is 2.16. The summed E-state index contributed by atoms with van der Waals surface area (Å²) in [7, 11) is 0. The molecule has 3 rings (SSSR count). The molecule has 0 radical (unpaired) electrons. The molecule has 1 aromatic heterocycles. The third kappa shape index (κ3) is 5.88. The van der Waals surface area contributed by atoms with Crippen LogP contribution in [0.5, 0.6) is 0 Å². The molecule has 10 heteroatoms. The molecule has 10 nitrogen and oxygen atoms in total. The molecule has 0 bridgehead atoms. The zero-order chi connectivity index (χ0) is 26.4. The largest absolute Gasteiger partial charge is 0.480 e. The number of carboxylic acid groups (broad SMARTS) is 1. The molecule has 2 aromatic carbocycles. The Morgan fingerprint density at radius 1 is 0.944 bits per heavy atom. The van der Waals surface area contributed by atoms with Gasteiger partial charge in [-0.25, -0.2) is 9.36 Å². The van der Waals surface area contributed by atoms with Crippen molar-refractivity contribution in [3.63, 3.8) is 0 Å². The minimum absolute atomic E-state index is 0.0222. The lowest BCUT2D eigenvalue weighted by molar-refractivity contribution is -0.142. The summed E-state index contributed by atoms with van der Waals surface area (Å²) >= 11 is 0. The van der Waals surface area contributed by atoms with E-state index >= 15 is 0 Å². The summed E-state index contributed by atoms with van der Waals surface area (Å²) in [5, 5.41) is 14.5. The van der Waals surface area contributed by atoms with E-state index in [9.17, 15) is 24.0 Å². The molecular weight excluding hydrogens is 464 g/mol. The van der Waals surface area contributed by atoms with Gasteiger partial charge in [-0.05, 0) is 30.5 Å². The highest BCUT2D eigenvalue weighted by Gasteiger charge is 2.32. The van der Waals surface area contributed by atoms with Crippen LogP contribution < -0.4 is 21.9 Å². The van der Waals surface area contributed by atoms with Gasteiger partial charge in [-0.1, -0.05) is 62.7 Å². The van der Waals surface area contributed by atoms with Crippen molar-refractivity contribution in [1.82, 2.24) is 20.2 Å². The number of para-hydroxylation sites is 1. The van der Waals surface area contributed by atoms with E-state index in [0.29, 0.717) is 17.5 Å². The van der Waals surface area contributed by atoms with E-state index in [0.717, 1.165) is 4.57 Å². The summed E-state index contributed by atoms with van der Waals surface area (Å²) in [5.74, 6) is -2.93. The zero-order valence-corrected chi connectivity index (χ0v) is 20.4. The number of aromatic nitrogens is 2. The first-order chi connectivity index (χ1) is 17.1. The Hall–Kier alpha value is -4.21. The number of hydrogen-bond donors (Lipinski definition) is 4. The van der Waals surface area contributed by atoms with Crippen LogP contribution in [0.2, 0.25) is 0 Å². The Labute approximate surface area is 207 Å². The summed E-state index contributed by atoms with van der Waals surface area (Å²) in [4.78, 5) is 66.7. The number of hydrogen-bond acceptors (Lipinski definition) is 5. The topological polar surface area (TPSA) is 150 Å². The van der Waals surface area contributed by atoms with Gasteiger partial charge in [-0.3, -0.25) is 19.2 Å². The normalized spacial score (nSPS) is 14.4. The highest BCUT2D eigenvalue weighted by molar-refractivity contribution is 5.91. The molecule has 4 N–H and O–H groups in total. The second kappa shape index (κ2) is 11.5. The SMILES string of the molecule is CC[C@@H](C)[C@H](NC(=O)[C@@H](Cc1ccccc1)n1c(=O)[nH]c2ccccc2c1=O)C(=O)N[C@@H](C)C(=O)O. The Bertz CT molecular complexity index is 1360. The first-order valence-corrected chi connectivity index (χ1v) is 11.7. The first-order valence-electron chi connectivity index (χ1n) is 11.7. The Kier molecular flexibility index (Phi) is 8.42. The predicted octanol–water partition coefficient (Wildman–Crippen LogP) is 1.59. The summed E-state index contributed by atoms with van der Waals surface area (Å²) in [6.45, 7) is 4.90. The number of nitrogens with zero attached hydrogens (tertiary/aromatic N) is 1. The van der Waals surface area contributed by atoms with Gasteiger partial charge in [0, 0.05) is 6.42 Å². The van der Waals surface area contributed by atoms with Crippen LogP contribution in [0.4, 0.5) is 0 Å². The third-order valence-electron chi connectivity index (χ3n) is 6.25. The van der Waals surface area contributed by atoms with Crippen LogP contribution in [0.15, 0.2) is 64.2 Å². The van der Waals surface area contributed by atoms with Gasteiger partial charge < -0.3 is 20.7 Å². The highest BCUT2D eigenvalue weighted by atomic mass is 16.4. The quantitative estimate of drug-likeness (QED) is 0.336. The van der Waals surface area contributed by atoms with E-state index < -0.39 is 47.2 Å². The second-order valence-corrected chi connectivity index (χ2v) is 8.80. The molecule has 3 aromatic rings. The molecule has 2 amide bonds. The van der Waals surface area contributed by atoms with Crippen molar-refractivity contribution in [1.29, 1.82) is 0 Å². The Balaban J connectivity index is 2.05. The lowest BCUT2D eigenvalue weighted by Gasteiger charge is -2.27. The van der Waals surface area contributed by atoms with Crippen molar-refractivity contribution in [3.05, 3.63) is 81.0 Å². The maximum absolute atomic E-state index is 13.6. The van der Waals surface area contributed by atoms with Gasteiger partial charge in [0.05, 0.1) is 10.9 Å². The zero-order valence-electron chi connectivity index (χ0n) is 20.4. The molecule has 0 fully saturated rings. The van der Waals surface area contributed by atoms with Crippen LogP contribution in [0.3, 0.4) is 0 Å². The van der Waals surface area contributed by atoms with Crippen LogP contribution in [-0.2, 0) is 20.8 Å². The molecule has 0 aliphatic carbocycles. The summed E-state index contributed by atoms with van der Waals surface area (Å²) in [6.07, 6.45) is 0.536. The number of benzene rings is 2. The fraction of sp³-hybridized carbons (Fsp3) is 0.346. The molecule has 190 valence electrons. The minimum atomic E-state index is -1.26. The smallest absolute Gasteiger partial charge is 0.329 e. The molecule has 0 aliphatic rings. The number of nitrogens with one attached hydrogen (secondary N) is 3. The average molecular weight is 495 g/mol. The van der Waals surface area contributed by atoms with E-state index in [2.05, 4.69) is 15.6 Å². The maximum Gasteiger partial charge on any atom is 0.329 e. The van der Waals surface area contributed by atoms with Gasteiger partial charge in [-0.15, -0.1) is 0 Å². The predicted molar refractivity (Wildman–Crippen MR) is 135 cm³/mol. The summed E-state index contributed by atoms with van der Waals surface area (Å²) < 4.78 is 0.871. The lowest BCUT2D eigenvalue weighted by Crippen LogP contribution is -2.56. The van der Waals surface area contributed by atoms with Gasteiger partial charge in [0.25, 0.3) is 5.56 Å². The number of aliphatic carboxylic acids is 1. The van der Waals surface area contributed by atoms with Crippen molar-refractivity contribution in [2.24, 2.45) is 5.92 Å². The molecule has 4 atom stereocenters. The van der Waals surface area contributed by atoms with Gasteiger partial charge >= 0.3 is 11.7 Å². The van der Waals surface area contributed by atoms with Crippen molar-refractivity contribution >= 4 is 28.7 Å². The molecule has 1 heterocycles. The fourth-order valence-electron chi connectivity index (χ4n) is 3.91. The molecule has 0 aliphatic heterocycles. The van der Waals surface area contributed by atoms with E-state index in [1.165, 1.54) is 6.92 Å². The molecule has 0 saturated heterocycles. The van der Waals surface area contributed by atoms with E-state index in [1.807, 2.05) is 6.92 Å². The van der Waals surface area contributed by atoms with Gasteiger partial charge in [0.1, 0.15) is 18.1 Å². The standard InChI is InChI=1S/C26H30N4O6/c1-4-15(2)21(23(32)27-16(3)25(34)35)29-22(31)20(14-17-10-6-5-7-11-17)30-24(33)18-12-8-9-13-19(18)28-26(30)36/h5-13,15-16,20-21H,4,14H2,1-3H3,(H,27,32)(H,28,36)(H,29,31)(H,34,35)/t15-,16+,20-,21+/m1/s1. The number of carbonyl (C=O) groups excluding carboxylic acids is 2. The van der Waals surface area contributed by atoms with Gasteiger partial charge in [0.15, 0.2) is 0 Å². The number of H-pyrrole nitrogens is 1. The fourth-order valence-corrected chi connectivity index (χ4v) is 3.91. The molecular formula is C26H30N4O6. The summed E-state index contributed by atoms with van der Waals surface area (Å²) in [5.41, 5.74) is -0.323. The lowest BCUT2D eigenvalue weighted by atomic mass is 9.96. The number of rotatable bonds is 10. The number of amides is 2. The van der Waals surface area contributed by atoms with Crippen molar-refractivity contribution < 1.29 is 19.5 Å². The summed E-state index contributed by atoms with van der Waals surface area (Å²) in [6, 6.07) is 11.9. The van der Waals surface area contributed by atoms with Crippen LogP contribution in [0.1, 0.15) is 38.8 Å². The van der Waals surface area contributed by atoms with Crippen molar-refractivity contribution in [2.75, 3.05) is 0 Å². The maximum atomic E-state index is 13.6. The van der Waals surface area contributed by atoms with Crippen LogP contribution in [0.25, 0.3) is 10.9 Å². The third-order valence-corrected chi connectivity index (χ3v) is 6.25. The second-order valence-electron chi connectivity index (χ2n) is 8.80. The molecule has 0 unspecified atom stereocenters. The van der Waals surface area contributed by atoms with Crippen LogP contribution in [-0.4, -0.2) is 44.5 Å². The molecule has 36 heavy (non-hydrogen) atoms. The van der Waals surface area contributed by atoms with E-state index in [-0.39, 0.29) is 17.7 Å². The molecule has 0 spiro atoms. The average Bonchev–Trinajstić information content (AvgIpc) is 2.86.